The first kappa shape index (κ1) is 12.5. The first-order valence-electron chi connectivity index (χ1n) is 6.75. The van der Waals surface area contributed by atoms with E-state index in [9.17, 15) is 5.11 Å². The molecule has 19 heavy (non-hydrogen) atoms. The topological polar surface area (TPSA) is 29.5 Å². The molecule has 0 spiro atoms. The number of benzene rings is 1. The third kappa shape index (κ3) is 1.41. The number of aliphatic hydroxyl groups is 1. The van der Waals surface area contributed by atoms with E-state index in [2.05, 4.69) is 18.7 Å². The lowest BCUT2D eigenvalue weighted by molar-refractivity contribution is -0.0306. The highest BCUT2D eigenvalue weighted by Crippen LogP contribution is 2.61. The minimum atomic E-state index is -0.831. The molecule has 2 heteroatoms. The van der Waals surface area contributed by atoms with E-state index < -0.39 is 5.60 Å². The molecule has 0 bridgehead atoms. The Hall–Kier alpha value is -1.54. The molecule has 2 atom stereocenters. The molecule has 0 unspecified atom stereocenters. The zero-order valence-corrected chi connectivity index (χ0v) is 11.6. The molecule has 0 fully saturated rings. The molecule has 0 saturated carbocycles. The fraction of sp³-hybridized carbons (Fsp3) is 0.412. The molecule has 2 aliphatic rings. The molecule has 0 aliphatic heterocycles. The van der Waals surface area contributed by atoms with Gasteiger partial charge in [0.15, 0.2) is 0 Å². The van der Waals surface area contributed by atoms with Crippen LogP contribution in [0.2, 0.25) is 0 Å². The fourth-order valence-electron chi connectivity index (χ4n) is 3.90. The minimum absolute atomic E-state index is 0.145. The van der Waals surface area contributed by atoms with E-state index in [0.29, 0.717) is 0 Å². The number of ether oxygens (including phenoxy) is 1. The van der Waals surface area contributed by atoms with Crippen molar-refractivity contribution in [3.05, 3.63) is 53.6 Å². The molecular weight excluding hydrogens is 236 g/mol. The van der Waals surface area contributed by atoms with Crippen LogP contribution in [0.25, 0.3) is 0 Å². The number of fused-ring (bicyclic) bond motifs is 3. The highest BCUT2D eigenvalue weighted by Gasteiger charge is 2.59. The number of rotatable bonds is 3. The average molecular weight is 256 g/mol. The van der Waals surface area contributed by atoms with E-state index in [-0.39, 0.29) is 5.41 Å². The van der Waals surface area contributed by atoms with Crippen LogP contribution in [0.3, 0.4) is 0 Å². The van der Waals surface area contributed by atoms with Crippen molar-refractivity contribution >= 4 is 0 Å². The molecule has 2 aliphatic carbocycles. The summed E-state index contributed by atoms with van der Waals surface area (Å²) in [4.78, 5) is 0. The van der Waals surface area contributed by atoms with Crippen molar-refractivity contribution in [2.45, 2.75) is 31.8 Å². The van der Waals surface area contributed by atoms with Gasteiger partial charge < -0.3 is 9.84 Å². The van der Waals surface area contributed by atoms with Gasteiger partial charge in [0.2, 0.25) is 0 Å². The van der Waals surface area contributed by atoms with Gasteiger partial charge in [-0.15, -0.1) is 6.58 Å². The highest BCUT2D eigenvalue weighted by molar-refractivity contribution is 5.52. The Morgan fingerprint density at radius 2 is 2.26 bits per heavy atom. The summed E-state index contributed by atoms with van der Waals surface area (Å²) in [6.07, 6.45) is 6.74. The second kappa shape index (κ2) is 3.97. The van der Waals surface area contributed by atoms with E-state index in [0.717, 1.165) is 36.1 Å². The monoisotopic (exact) mass is 256 g/mol. The van der Waals surface area contributed by atoms with Crippen LogP contribution in [0, 0.1) is 5.41 Å². The Balaban J connectivity index is 2.17. The van der Waals surface area contributed by atoms with Gasteiger partial charge in [-0.05, 0) is 55.0 Å². The summed E-state index contributed by atoms with van der Waals surface area (Å²) in [6, 6.07) is 6.01. The standard InChI is InChI=1S/C17H20O2/c1-4-8-16-9-7-12(2)17(16,18)15-6-5-14(19-3)10-13(15)11-16/h4-7,10,18H,1,8-9,11H2,2-3H3/t16-,17-/m0/s1. The zero-order valence-electron chi connectivity index (χ0n) is 11.6. The van der Waals surface area contributed by atoms with Crippen molar-refractivity contribution in [2.24, 2.45) is 5.41 Å². The van der Waals surface area contributed by atoms with Crippen LogP contribution in [0.4, 0.5) is 0 Å². The molecule has 2 nitrogen and oxygen atoms in total. The Labute approximate surface area is 114 Å². The molecule has 100 valence electrons. The Morgan fingerprint density at radius 1 is 1.47 bits per heavy atom. The first-order chi connectivity index (χ1) is 9.07. The quantitative estimate of drug-likeness (QED) is 0.840. The highest BCUT2D eigenvalue weighted by atomic mass is 16.5. The number of allylic oxidation sites excluding steroid dienone is 2. The summed E-state index contributed by atoms with van der Waals surface area (Å²) in [5, 5.41) is 11.3. The van der Waals surface area contributed by atoms with Crippen LogP contribution >= 0.6 is 0 Å². The predicted molar refractivity (Wildman–Crippen MR) is 76.2 cm³/mol. The van der Waals surface area contributed by atoms with Crippen LogP contribution < -0.4 is 4.74 Å². The molecule has 0 radical (unpaired) electrons. The maximum absolute atomic E-state index is 11.3. The number of hydrogen-bond acceptors (Lipinski definition) is 2. The van der Waals surface area contributed by atoms with Gasteiger partial charge in [0, 0.05) is 5.41 Å². The summed E-state index contributed by atoms with van der Waals surface area (Å²) >= 11 is 0. The van der Waals surface area contributed by atoms with Gasteiger partial charge >= 0.3 is 0 Å². The summed E-state index contributed by atoms with van der Waals surface area (Å²) in [5.41, 5.74) is 2.34. The van der Waals surface area contributed by atoms with Crippen LogP contribution in [0.1, 0.15) is 30.9 Å². The lowest BCUT2D eigenvalue weighted by atomic mass is 9.70. The summed E-state index contributed by atoms with van der Waals surface area (Å²) < 4.78 is 5.30. The maximum Gasteiger partial charge on any atom is 0.119 e. The van der Waals surface area contributed by atoms with Gasteiger partial charge in [0.1, 0.15) is 11.4 Å². The SMILES string of the molecule is C=CC[C@@]12CC=C(C)[C@]1(O)c1ccc(OC)cc1C2. The smallest absolute Gasteiger partial charge is 0.119 e. The summed E-state index contributed by atoms with van der Waals surface area (Å²) in [7, 11) is 1.68. The van der Waals surface area contributed by atoms with Crippen LogP contribution in [-0.2, 0) is 12.0 Å². The van der Waals surface area contributed by atoms with Crippen molar-refractivity contribution < 1.29 is 9.84 Å². The maximum atomic E-state index is 11.3. The van der Waals surface area contributed by atoms with Gasteiger partial charge in [0.05, 0.1) is 7.11 Å². The Morgan fingerprint density at radius 3 is 2.95 bits per heavy atom. The Bertz CT molecular complexity index is 573. The molecule has 1 aromatic carbocycles. The average Bonchev–Trinajstić information content (AvgIpc) is 2.79. The van der Waals surface area contributed by atoms with Gasteiger partial charge in [-0.3, -0.25) is 0 Å². The van der Waals surface area contributed by atoms with Crippen LogP contribution in [-0.4, -0.2) is 12.2 Å². The van der Waals surface area contributed by atoms with Crippen LogP contribution in [0.15, 0.2) is 42.5 Å². The third-order valence-corrected chi connectivity index (χ3v) is 4.90. The normalized spacial score (nSPS) is 31.6. The molecule has 0 aromatic heterocycles. The zero-order chi connectivity index (χ0) is 13.7. The van der Waals surface area contributed by atoms with Gasteiger partial charge in [-0.1, -0.05) is 18.2 Å². The largest absolute Gasteiger partial charge is 0.497 e. The van der Waals surface area contributed by atoms with Gasteiger partial charge in [-0.2, -0.15) is 0 Å². The van der Waals surface area contributed by atoms with E-state index in [1.165, 1.54) is 5.56 Å². The van der Waals surface area contributed by atoms with Gasteiger partial charge in [-0.25, -0.2) is 0 Å². The van der Waals surface area contributed by atoms with E-state index in [4.69, 9.17) is 4.74 Å². The van der Waals surface area contributed by atoms with E-state index in [1.54, 1.807) is 7.11 Å². The molecule has 0 saturated heterocycles. The summed E-state index contributed by atoms with van der Waals surface area (Å²) in [6.45, 7) is 5.91. The second-order valence-electron chi connectivity index (χ2n) is 5.77. The molecule has 1 aromatic rings. The molecule has 1 N–H and O–H groups in total. The van der Waals surface area contributed by atoms with E-state index in [1.807, 2.05) is 25.1 Å². The third-order valence-electron chi connectivity index (χ3n) is 4.90. The molecule has 0 heterocycles. The fourth-order valence-corrected chi connectivity index (χ4v) is 3.90. The predicted octanol–water partition coefficient (Wildman–Crippen LogP) is 3.35. The van der Waals surface area contributed by atoms with E-state index >= 15 is 0 Å². The van der Waals surface area contributed by atoms with Crippen molar-refractivity contribution in [1.82, 2.24) is 0 Å². The lowest BCUT2D eigenvalue weighted by Gasteiger charge is -2.38. The Kier molecular flexibility index (Phi) is 2.61. The van der Waals surface area contributed by atoms with Crippen molar-refractivity contribution in [1.29, 1.82) is 0 Å². The molecule has 3 rings (SSSR count). The van der Waals surface area contributed by atoms with Crippen molar-refractivity contribution in [3.8, 4) is 5.75 Å². The number of methoxy groups -OCH3 is 1. The summed E-state index contributed by atoms with van der Waals surface area (Å²) in [5.74, 6) is 0.859. The minimum Gasteiger partial charge on any atom is -0.497 e. The van der Waals surface area contributed by atoms with Crippen molar-refractivity contribution in [3.63, 3.8) is 0 Å². The second-order valence-corrected chi connectivity index (χ2v) is 5.77. The van der Waals surface area contributed by atoms with Gasteiger partial charge in [0.25, 0.3) is 0 Å². The van der Waals surface area contributed by atoms with Crippen LogP contribution in [0.5, 0.6) is 5.75 Å². The van der Waals surface area contributed by atoms with Crippen molar-refractivity contribution in [2.75, 3.05) is 7.11 Å². The molecule has 0 amide bonds. The lowest BCUT2D eigenvalue weighted by Crippen LogP contribution is -2.39. The molecular formula is C17H20O2. The first-order valence-corrected chi connectivity index (χ1v) is 6.75. The number of hydrogen-bond donors (Lipinski definition) is 1.